The number of carbonyl (C=O) groups excluding carboxylic acids is 1. The van der Waals surface area contributed by atoms with Gasteiger partial charge in [0.25, 0.3) is 11.5 Å². The Bertz CT molecular complexity index is 1510. The Morgan fingerprint density at radius 3 is 2.24 bits per heavy atom. The SMILES string of the molecule is COc1c(NC(=O)c2ccc(NS(C)(=O)=O)cc2C(F)(F)F)cc(-c2ccc[nH]c2=O)cc1C(C)(C)C. The number of aromatic nitrogens is 1. The van der Waals surface area contributed by atoms with E-state index in [-0.39, 0.29) is 17.1 Å². The van der Waals surface area contributed by atoms with Crippen molar-refractivity contribution >= 4 is 27.3 Å². The second-order valence-corrected chi connectivity index (χ2v) is 11.1. The maximum absolute atomic E-state index is 13.8. The van der Waals surface area contributed by atoms with Crippen molar-refractivity contribution in [2.45, 2.75) is 32.4 Å². The first-order valence-electron chi connectivity index (χ1n) is 10.9. The van der Waals surface area contributed by atoms with Crippen LogP contribution in [0.4, 0.5) is 24.5 Å². The van der Waals surface area contributed by atoms with Crippen LogP contribution < -0.4 is 20.3 Å². The molecule has 0 aliphatic heterocycles. The predicted octanol–water partition coefficient (Wildman–Crippen LogP) is 4.99. The topological polar surface area (TPSA) is 117 Å². The Morgan fingerprint density at radius 1 is 1.03 bits per heavy atom. The van der Waals surface area contributed by atoms with Gasteiger partial charge in [-0.05, 0) is 53.4 Å². The largest absolute Gasteiger partial charge is 0.494 e. The van der Waals surface area contributed by atoms with Gasteiger partial charge in [0.15, 0.2) is 0 Å². The summed E-state index contributed by atoms with van der Waals surface area (Å²) in [7, 11) is -2.48. The molecule has 8 nitrogen and oxygen atoms in total. The van der Waals surface area contributed by atoms with Crippen molar-refractivity contribution in [2.24, 2.45) is 0 Å². The summed E-state index contributed by atoms with van der Waals surface area (Å²) >= 11 is 0. The molecule has 0 spiro atoms. The zero-order valence-corrected chi connectivity index (χ0v) is 21.5. The highest BCUT2D eigenvalue weighted by molar-refractivity contribution is 7.92. The van der Waals surface area contributed by atoms with Crippen molar-refractivity contribution in [1.29, 1.82) is 0 Å². The first kappa shape index (κ1) is 27.8. The number of carbonyl (C=O) groups is 1. The molecule has 0 saturated carbocycles. The molecule has 0 fully saturated rings. The molecule has 0 aliphatic rings. The van der Waals surface area contributed by atoms with Crippen LogP contribution in [0.25, 0.3) is 11.1 Å². The van der Waals surface area contributed by atoms with Gasteiger partial charge in [-0.2, -0.15) is 13.2 Å². The maximum Gasteiger partial charge on any atom is 0.417 e. The van der Waals surface area contributed by atoms with Gasteiger partial charge in [0.1, 0.15) is 5.75 Å². The van der Waals surface area contributed by atoms with Gasteiger partial charge in [0.2, 0.25) is 10.0 Å². The number of sulfonamides is 1. The number of hydrogen-bond donors (Lipinski definition) is 3. The Kier molecular flexibility index (Phi) is 7.45. The average molecular weight is 538 g/mol. The number of benzene rings is 2. The fourth-order valence-corrected chi connectivity index (χ4v) is 4.30. The van der Waals surface area contributed by atoms with Gasteiger partial charge in [0.05, 0.1) is 30.2 Å². The predicted molar refractivity (Wildman–Crippen MR) is 136 cm³/mol. The first-order valence-corrected chi connectivity index (χ1v) is 12.8. The molecular weight excluding hydrogens is 511 g/mol. The number of rotatable bonds is 6. The first-order chi connectivity index (χ1) is 17.0. The Morgan fingerprint density at radius 2 is 1.70 bits per heavy atom. The zero-order chi connectivity index (χ0) is 27.8. The highest BCUT2D eigenvalue weighted by atomic mass is 32.2. The molecule has 0 saturated heterocycles. The molecule has 37 heavy (non-hydrogen) atoms. The second kappa shape index (κ2) is 9.92. The van der Waals surface area contributed by atoms with Gasteiger partial charge in [-0.15, -0.1) is 0 Å². The summed E-state index contributed by atoms with van der Waals surface area (Å²) in [5.74, 6) is -0.878. The summed E-state index contributed by atoms with van der Waals surface area (Å²) in [6.07, 6.45) is -2.70. The molecule has 1 amide bonds. The molecule has 3 N–H and O–H groups in total. The maximum atomic E-state index is 13.8. The second-order valence-electron chi connectivity index (χ2n) is 9.35. The molecule has 1 heterocycles. The molecule has 1 aromatic heterocycles. The normalized spacial score (nSPS) is 12.2. The highest BCUT2D eigenvalue weighted by Gasteiger charge is 2.36. The fraction of sp³-hybridized carbons (Fsp3) is 0.280. The molecule has 0 unspecified atom stereocenters. The van der Waals surface area contributed by atoms with E-state index in [2.05, 4.69) is 10.3 Å². The minimum absolute atomic E-state index is 0.0599. The van der Waals surface area contributed by atoms with Crippen LogP contribution in [0, 0.1) is 0 Å². The zero-order valence-electron chi connectivity index (χ0n) is 20.7. The minimum atomic E-state index is -4.96. The molecule has 0 atom stereocenters. The number of pyridine rings is 1. The van der Waals surface area contributed by atoms with Crippen molar-refractivity contribution < 1.29 is 31.1 Å². The van der Waals surface area contributed by atoms with Crippen LogP contribution in [-0.2, 0) is 21.6 Å². The third kappa shape index (κ3) is 6.50. The summed E-state index contributed by atoms with van der Waals surface area (Å²) < 4.78 is 71.9. The number of anilines is 2. The monoisotopic (exact) mass is 537 g/mol. The Balaban J connectivity index is 2.17. The third-order valence-electron chi connectivity index (χ3n) is 5.35. The summed E-state index contributed by atoms with van der Waals surface area (Å²) in [6.45, 7) is 5.64. The van der Waals surface area contributed by atoms with E-state index in [4.69, 9.17) is 4.74 Å². The van der Waals surface area contributed by atoms with Crippen LogP contribution in [-0.4, -0.2) is 32.7 Å². The lowest BCUT2D eigenvalue weighted by Gasteiger charge is -2.25. The lowest BCUT2D eigenvalue weighted by Crippen LogP contribution is -2.21. The van der Waals surface area contributed by atoms with Gasteiger partial charge in [-0.25, -0.2) is 8.42 Å². The van der Waals surface area contributed by atoms with E-state index in [0.717, 1.165) is 18.4 Å². The van der Waals surface area contributed by atoms with Gasteiger partial charge >= 0.3 is 6.18 Å². The van der Waals surface area contributed by atoms with Crippen LogP contribution >= 0.6 is 0 Å². The summed E-state index contributed by atoms with van der Waals surface area (Å²) in [4.78, 5) is 28.1. The van der Waals surface area contributed by atoms with Gasteiger partial charge in [-0.3, -0.25) is 14.3 Å². The van der Waals surface area contributed by atoms with Crippen molar-refractivity contribution in [2.75, 3.05) is 23.4 Å². The number of nitrogens with one attached hydrogen (secondary N) is 3. The number of aromatic amines is 1. The van der Waals surface area contributed by atoms with Gasteiger partial charge in [-0.1, -0.05) is 20.8 Å². The van der Waals surface area contributed by atoms with Crippen molar-refractivity contribution in [3.63, 3.8) is 0 Å². The van der Waals surface area contributed by atoms with E-state index >= 15 is 0 Å². The van der Waals surface area contributed by atoms with Gasteiger partial charge in [0, 0.05) is 23.0 Å². The Labute approximate surface area is 211 Å². The van der Waals surface area contributed by atoms with Crippen LogP contribution in [0.5, 0.6) is 5.75 Å². The number of halogens is 3. The van der Waals surface area contributed by atoms with E-state index in [1.165, 1.54) is 19.4 Å². The number of amides is 1. The minimum Gasteiger partial charge on any atom is -0.494 e. The number of methoxy groups -OCH3 is 1. The van der Waals surface area contributed by atoms with Crippen LogP contribution in [0.3, 0.4) is 0 Å². The third-order valence-corrected chi connectivity index (χ3v) is 5.96. The fourth-order valence-electron chi connectivity index (χ4n) is 3.75. The molecule has 3 rings (SSSR count). The van der Waals surface area contributed by atoms with E-state index in [1.54, 1.807) is 18.2 Å². The summed E-state index contributed by atoms with van der Waals surface area (Å²) in [5.41, 5.74) is -1.94. The van der Waals surface area contributed by atoms with Crippen LogP contribution in [0.15, 0.2) is 53.5 Å². The van der Waals surface area contributed by atoms with Crippen molar-refractivity contribution in [1.82, 2.24) is 4.98 Å². The molecule has 12 heteroatoms. The van der Waals surface area contributed by atoms with Crippen molar-refractivity contribution in [3.05, 3.63) is 75.7 Å². The summed E-state index contributed by atoms with van der Waals surface area (Å²) in [5, 5.41) is 2.49. The highest BCUT2D eigenvalue weighted by Crippen LogP contribution is 2.41. The molecule has 0 radical (unpaired) electrons. The molecule has 0 bridgehead atoms. The van der Waals surface area contributed by atoms with E-state index in [9.17, 15) is 31.2 Å². The number of alkyl halides is 3. The number of ether oxygens (including phenoxy) is 1. The molecule has 2 aromatic carbocycles. The van der Waals surface area contributed by atoms with E-state index in [1.807, 2.05) is 25.5 Å². The standard InChI is InChI=1S/C25H26F3N3O5S/c1-24(2,3)19-11-14(16-7-6-10-29-22(16)32)12-20(21(19)36-4)30-23(33)17-9-8-15(31-37(5,34)35)13-18(17)25(26,27)28/h6-13,31H,1-5H3,(H,29,32)(H,30,33). The van der Waals surface area contributed by atoms with Crippen molar-refractivity contribution in [3.8, 4) is 16.9 Å². The smallest absolute Gasteiger partial charge is 0.417 e. The average Bonchev–Trinajstić information content (AvgIpc) is 2.76. The quantitative estimate of drug-likeness (QED) is 0.410. The number of H-pyrrole nitrogens is 1. The summed E-state index contributed by atoms with van der Waals surface area (Å²) in [6, 6.07) is 8.87. The lowest BCUT2D eigenvalue weighted by atomic mass is 9.84. The van der Waals surface area contributed by atoms with Crippen LogP contribution in [0.2, 0.25) is 0 Å². The Hall–Kier alpha value is -3.80. The molecule has 3 aromatic rings. The van der Waals surface area contributed by atoms with Gasteiger partial charge < -0.3 is 15.0 Å². The lowest BCUT2D eigenvalue weighted by molar-refractivity contribution is -0.137. The number of hydrogen-bond acceptors (Lipinski definition) is 5. The molecule has 0 aliphatic carbocycles. The molecular formula is C25H26F3N3O5S. The molecule has 198 valence electrons. The van der Waals surface area contributed by atoms with E-state index in [0.29, 0.717) is 22.8 Å². The van der Waals surface area contributed by atoms with Crippen LogP contribution in [0.1, 0.15) is 42.3 Å². The van der Waals surface area contributed by atoms with E-state index < -0.39 is 44.2 Å².